The molecule has 0 aliphatic rings. The Labute approximate surface area is 156 Å². The standard InChI is InChI=1S/C17H21ClN2O6/c1-4-25-13-8-11(7-12(18)17(13)24-3)5-6-16(23)26-10-15(22)20-9-14(21)19-2/h5-8H,4,9-10H2,1-3H3,(H,19,21)(H,20,22)/b6-5+. The molecule has 0 heterocycles. The minimum Gasteiger partial charge on any atom is -0.491 e. The Balaban J connectivity index is 2.62. The van der Waals surface area contributed by atoms with Gasteiger partial charge in [0.1, 0.15) is 0 Å². The summed E-state index contributed by atoms with van der Waals surface area (Å²) in [5.41, 5.74) is 0.597. The fourth-order valence-electron chi connectivity index (χ4n) is 1.81. The van der Waals surface area contributed by atoms with Crippen molar-refractivity contribution in [3.63, 3.8) is 0 Å². The summed E-state index contributed by atoms with van der Waals surface area (Å²) in [6.07, 6.45) is 2.62. The van der Waals surface area contributed by atoms with Gasteiger partial charge in [-0.15, -0.1) is 0 Å². The quantitative estimate of drug-likeness (QED) is 0.489. The molecule has 0 saturated heterocycles. The lowest BCUT2D eigenvalue weighted by Gasteiger charge is -2.11. The number of nitrogens with one attached hydrogen (secondary N) is 2. The number of methoxy groups -OCH3 is 1. The molecule has 0 fully saturated rings. The second kappa shape index (κ2) is 11.0. The van der Waals surface area contributed by atoms with Crippen molar-refractivity contribution in [2.45, 2.75) is 6.92 Å². The zero-order valence-corrected chi connectivity index (χ0v) is 15.5. The van der Waals surface area contributed by atoms with Gasteiger partial charge < -0.3 is 24.8 Å². The largest absolute Gasteiger partial charge is 0.491 e. The van der Waals surface area contributed by atoms with Crippen molar-refractivity contribution in [1.82, 2.24) is 10.6 Å². The molecule has 2 N–H and O–H groups in total. The van der Waals surface area contributed by atoms with Gasteiger partial charge in [0.2, 0.25) is 5.91 Å². The first-order valence-electron chi connectivity index (χ1n) is 7.73. The average molecular weight is 385 g/mol. The highest BCUT2D eigenvalue weighted by Crippen LogP contribution is 2.36. The van der Waals surface area contributed by atoms with E-state index in [2.05, 4.69) is 10.6 Å². The summed E-state index contributed by atoms with van der Waals surface area (Å²) in [4.78, 5) is 34.1. The molecule has 0 aromatic heterocycles. The zero-order chi connectivity index (χ0) is 19.5. The van der Waals surface area contributed by atoms with Crippen LogP contribution in [-0.4, -0.2) is 51.7 Å². The molecule has 0 aliphatic heterocycles. The Morgan fingerprint density at radius 2 is 1.96 bits per heavy atom. The maximum absolute atomic E-state index is 11.7. The summed E-state index contributed by atoms with van der Waals surface area (Å²) in [7, 11) is 2.92. The van der Waals surface area contributed by atoms with Gasteiger partial charge in [-0.2, -0.15) is 0 Å². The van der Waals surface area contributed by atoms with Crippen LogP contribution in [0, 0.1) is 0 Å². The van der Waals surface area contributed by atoms with Crippen molar-refractivity contribution in [3.8, 4) is 11.5 Å². The van der Waals surface area contributed by atoms with E-state index >= 15 is 0 Å². The maximum Gasteiger partial charge on any atom is 0.331 e. The number of rotatable bonds is 9. The average Bonchev–Trinajstić information content (AvgIpc) is 2.62. The molecule has 0 spiro atoms. The van der Waals surface area contributed by atoms with Gasteiger partial charge in [-0.1, -0.05) is 11.6 Å². The van der Waals surface area contributed by atoms with Crippen LogP contribution in [0.15, 0.2) is 18.2 Å². The van der Waals surface area contributed by atoms with Crippen LogP contribution in [0.4, 0.5) is 0 Å². The first-order valence-corrected chi connectivity index (χ1v) is 8.11. The Hall–Kier alpha value is -2.74. The summed E-state index contributed by atoms with van der Waals surface area (Å²) in [5.74, 6) is -0.803. The molecule has 0 aliphatic carbocycles. The fraction of sp³-hybridized carbons (Fsp3) is 0.353. The van der Waals surface area contributed by atoms with Crippen molar-refractivity contribution < 1.29 is 28.6 Å². The maximum atomic E-state index is 11.7. The number of amides is 2. The summed E-state index contributed by atoms with van der Waals surface area (Å²) < 4.78 is 15.4. The van der Waals surface area contributed by atoms with Gasteiger partial charge in [-0.3, -0.25) is 9.59 Å². The van der Waals surface area contributed by atoms with Crippen LogP contribution in [0.3, 0.4) is 0 Å². The van der Waals surface area contributed by atoms with Crippen molar-refractivity contribution in [2.75, 3.05) is 33.9 Å². The summed E-state index contributed by atoms with van der Waals surface area (Å²) >= 11 is 6.12. The van der Waals surface area contributed by atoms with Crippen LogP contribution in [0.1, 0.15) is 12.5 Å². The third kappa shape index (κ3) is 7.02. The number of halogens is 1. The van der Waals surface area contributed by atoms with Gasteiger partial charge >= 0.3 is 5.97 Å². The van der Waals surface area contributed by atoms with E-state index in [1.54, 1.807) is 12.1 Å². The third-order valence-corrected chi connectivity index (χ3v) is 3.30. The highest BCUT2D eigenvalue weighted by molar-refractivity contribution is 6.32. The summed E-state index contributed by atoms with van der Waals surface area (Å²) in [6.45, 7) is 1.57. The Morgan fingerprint density at radius 3 is 2.58 bits per heavy atom. The molecule has 0 saturated carbocycles. The number of likely N-dealkylation sites (N-methyl/N-ethyl adjacent to an activating group) is 1. The van der Waals surface area contributed by atoms with E-state index in [0.29, 0.717) is 28.7 Å². The van der Waals surface area contributed by atoms with E-state index in [9.17, 15) is 14.4 Å². The minimum atomic E-state index is -0.718. The molecular formula is C17H21ClN2O6. The number of esters is 1. The van der Waals surface area contributed by atoms with Gasteiger partial charge in [0.25, 0.3) is 5.91 Å². The topological polar surface area (TPSA) is 103 Å². The lowest BCUT2D eigenvalue weighted by atomic mass is 10.2. The van der Waals surface area contributed by atoms with Crippen LogP contribution in [0.25, 0.3) is 6.08 Å². The fourth-order valence-corrected chi connectivity index (χ4v) is 2.11. The number of benzene rings is 1. The highest BCUT2D eigenvalue weighted by atomic mass is 35.5. The molecule has 1 aromatic rings. The van der Waals surface area contributed by atoms with E-state index in [1.807, 2.05) is 6.92 Å². The molecule has 0 radical (unpaired) electrons. The molecule has 0 atom stereocenters. The third-order valence-electron chi connectivity index (χ3n) is 3.02. The number of carbonyl (C=O) groups excluding carboxylic acids is 3. The van der Waals surface area contributed by atoms with Crippen LogP contribution < -0.4 is 20.1 Å². The van der Waals surface area contributed by atoms with E-state index in [4.69, 9.17) is 25.8 Å². The normalized spacial score (nSPS) is 10.3. The molecule has 9 heteroatoms. The molecule has 142 valence electrons. The molecule has 1 rings (SSSR count). The molecule has 0 unspecified atom stereocenters. The first kappa shape index (κ1) is 21.3. The monoisotopic (exact) mass is 384 g/mol. The van der Waals surface area contributed by atoms with E-state index in [0.717, 1.165) is 6.08 Å². The lowest BCUT2D eigenvalue weighted by molar-refractivity contribution is -0.143. The molecule has 1 aromatic carbocycles. The van der Waals surface area contributed by atoms with Crippen LogP contribution in [0.2, 0.25) is 5.02 Å². The molecular weight excluding hydrogens is 364 g/mol. The van der Waals surface area contributed by atoms with Gasteiger partial charge in [0.15, 0.2) is 18.1 Å². The Bertz CT molecular complexity index is 690. The molecule has 26 heavy (non-hydrogen) atoms. The van der Waals surface area contributed by atoms with Crippen LogP contribution in [0.5, 0.6) is 11.5 Å². The van der Waals surface area contributed by atoms with Crippen LogP contribution in [-0.2, 0) is 19.1 Å². The predicted molar refractivity (Wildman–Crippen MR) is 96.2 cm³/mol. The van der Waals surface area contributed by atoms with Gasteiger partial charge in [-0.05, 0) is 30.7 Å². The smallest absolute Gasteiger partial charge is 0.331 e. The Kier molecular flexibility index (Phi) is 9.00. The molecule has 0 bridgehead atoms. The minimum absolute atomic E-state index is 0.187. The molecule has 2 amide bonds. The van der Waals surface area contributed by atoms with E-state index < -0.39 is 18.5 Å². The second-order valence-corrected chi connectivity index (χ2v) is 5.27. The highest BCUT2D eigenvalue weighted by Gasteiger charge is 2.11. The van der Waals surface area contributed by atoms with Gasteiger partial charge in [0, 0.05) is 13.1 Å². The summed E-state index contributed by atoms with van der Waals surface area (Å²) in [5, 5.41) is 4.98. The van der Waals surface area contributed by atoms with Crippen molar-refractivity contribution in [2.24, 2.45) is 0 Å². The van der Waals surface area contributed by atoms with Crippen molar-refractivity contribution in [1.29, 1.82) is 0 Å². The lowest BCUT2D eigenvalue weighted by Crippen LogP contribution is -2.37. The Morgan fingerprint density at radius 1 is 1.23 bits per heavy atom. The van der Waals surface area contributed by atoms with Gasteiger partial charge in [-0.25, -0.2) is 4.79 Å². The van der Waals surface area contributed by atoms with Crippen molar-refractivity contribution in [3.05, 3.63) is 28.8 Å². The first-order chi connectivity index (χ1) is 12.4. The number of carbonyl (C=O) groups is 3. The predicted octanol–water partition coefficient (Wildman–Crippen LogP) is 1.17. The second-order valence-electron chi connectivity index (χ2n) is 4.86. The zero-order valence-electron chi connectivity index (χ0n) is 14.8. The molecule has 8 nitrogen and oxygen atoms in total. The van der Waals surface area contributed by atoms with Gasteiger partial charge in [0.05, 0.1) is 25.3 Å². The van der Waals surface area contributed by atoms with Crippen molar-refractivity contribution >= 4 is 35.5 Å². The number of ether oxygens (including phenoxy) is 3. The summed E-state index contributed by atoms with van der Waals surface area (Å²) in [6, 6.07) is 3.26. The number of hydrogen-bond acceptors (Lipinski definition) is 6. The van der Waals surface area contributed by atoms with E-state index in [1.165, 1.54) is 20.2 Å². The van der Waals surface area contributed by atoms with E-state index in [-0.39, 0.29) is 12.5 Å². The van der Waals surface area contributed by atoms with Crippen LogP contribution >= 0.6 is 11.6 Å². The SMILES string of the molecule is CCOc1cc(/C=C/C(=O)OCC(=O)NCC(=O)NC)cc(Cl)c1OC. The number of hydrogen-bond donors (Lipinski definition) is 2.